The minimum Gasteiger partial charge on any atom is -0.392 e. The van der Waals surface area contributed by atoms with Crippen molar-refractivity contribution < 1.29 is 24.9 Å². The predicted molar refractivity (Wildman–Crippen MR) is 88.3 cm³/mol. The highest BCUT2D eigenvalue weighted by Gasteiger charge is 2.17. The van der Waals surface area contributed by atoms with Crippen LogP contribution in [0.2, 0.25) is 0 Å². The van der Waals surface area contributed by atoms with Crippen LogP contribution in [-0.4, -0.2) is 27.1 Å². The Morgan fingerprint density at radius 3 is 1.50 bits per heavy atom. The lowest BCUT2D eigenvalue weighted by Gasteiger charge is -2.20. The molecule has 0 aliphatic rings. The second-order valence-corrected chi connectivity index (χ2v) is 4.95. The molecular weight excluding hydrogens is 312 g/mol. The van der Waals surface area contributed by atoms with Crippen LogP contribution in [0, 0.1) is 0 Å². The van der Waals surface area contributed by atoms with Crippen LogP contribution in [0.4, 0.5) is 0 Å². The quantitative estimate of drug-likeness (QED) is 0.400. The first-order chi connectivity index (χ1) is 11.5. The normalized spacial score (nSPS) is 10.1. The smallest absolute Gasteiger partial charge is 0.243 e. The van der Waals surface area contributed by atoms with Gasteiger partial charge in [0.05, 0.1) is 19.8 Å². The number of hydrogen-bond donors (Lipinski definition) is 5. The third-order valence-corrected chi connectivity index (χ3v) is 3.60. The molecule has 2 amide bonds. The third-order valence-electron chi connectivity index (χ3n) is 3.60. The predicted octanol–water partition coefficient (Wildman–Crippen LogP) is -0.232. The van der Waals surface area contributed by atoms with Crippen molar-refractivity contribution in [2.75, 3.05) is 0 Å². The highest BCUT2D eigenvalue weighted by molar-refractivity contribution is 5.87. The lowest BCUT2D eigenvalue weighted by atomic mass is 9.92. The number of hydrogen-bond acceptors (Lipinski definition) is 5. The molecule has 1 aromatic carbocycles. The molecule has 0 aliphatic carbocycles. The maximum Gasteiger partial charge on any atom is 0.243 e. The Bertz CT molecular complexity index is 590. The van der Waals surface area contributed by atoms with Gasteiger partial charge in [-0.05, 0) is 40.0 Å². The molecule has 7 heteroatoms. The highest BCUT2D eigenvalue weighted by atomic mass is 16.3. The van der Waals surface area contributed by atoms with Gasteiger partial charge in [-0.25, -0.2) is 0 Å². The molecule has 1 rings (SSSR count). The van der Waals surface area contributed by atoms with E-state index in [4.69, 9.17) is 0 Å². The van der Waals surface area contributed by atoms with Crippen molar-refractivity contribution in [3.05, 3.63) is 59.2 Å². The van der Waals surface area contributed by atoms with Crippen molar-refractivity contribution in [2.45, 2.75) is 32.9 Å². The molecule has 0 aromatic heterocycles. The van der Waals surface area contributed by atoms with Gasteiger partial charge in [-0.15, -0.1) is 0 Å². The molecule has 7 nitrogen and oxygen atoms in total. The maximum atomic E-state index is 11.4. The molecule has 0 saturated heterocycles. The van der Waals surface area contributed by atoms with Gasteiger partial charge < -0.3 is 26.0 Å². The standard InChI is InChI=1S/C17H22N2O5/c1-3-16(23)18-6-11-5-12(7-19-17(24)4-2)14(9-21)15(10-22)13(11)8-20/h3-5,20-22H,1-2,6-10H2,(H,18,23)(H,19,24). The van der Waals surface area contributed by atoms with E-state index >= 15 is 0 Å². The minimum absolute atomic E-state index is 0.113. The molecule has 1 aromatic rings. The summed E-state index contributed by atoms with van der Waals surface area (Å²) in [5.41, 5.74) is 2.41. The number of carbonyl (C=O) groups excluding carboxylic acids is 2. The molecular formula is C17H22N2O5. The topological polar surface area (TPSA) is 119 Å². The van der Waals surface area contributed by atoms with Crippen LogP contribution in [0.25, 0.3) is 0 Å². The van der Waals surface area contributed by atoms with Gasteiger partial charge in [-0.3, -0.25) is 9.59 Å². The van der Waals surface area contributed by atoms with Crippen LogP contribution in [0.15, 0.2) is 31.4 Å². The fourth-order valence-corrected chi connectivity index (χ4v) is 2.36. The lowest BCUT2D eigenvalue weighted by molar-refractivity contribution is -0.117. The van der Waals surface area contributed by atoms with E-state index < -0.39 is 6.61 Å². The molecule has 24 heavy (non-hydrogen) atoms. The van der Waals surface area contributed by atoms with Gasteiger partial charge in [0.1, 0.15) is 0 Å². The summed E-state index contributed by atoms with van der Waals surface area (Å²) in [5.74, 6) is -0.755. The number of aliphatic hydroxyl groups is 3. The molecule has 130 valence electrons. The number of benzene rings is 1. The summed E-state index contributed by atoms with van der Waals surface area (Å²) in [6.07, 6.45) is 2.25. The van der Waals surface area contributed by atoms with Crippen LogP contribution < -0.4 is 10.6 Å². The van der Waals surface area contributed by atoms with E-state index in [1.54, 1.807) is 6.07 Å². The zero-order valence-electron chi connectivity index (χ0n) is 13.3. The van der Waals surface area contributed by atoms with Crippen LogP contribution in [0.5, 0.6) is 0 Å². The summed E-state index contributed by atoms with van der Waals surface area (Å²) in [6.45, 7) is 5.84. The van der Waals surface area contributed by atoms with Crippen LogP contribution in [-0.2, 0) is 42.5 Å². The van der Waals surface area contributed by atoms with Gasteiger partial charge >= 0.3 is 0 Å². The molecule has 0 saturated carbocycles. The summed E-state index contributed by atoms with van der Waals surface area (Å²) in [5, 5.41) is 34.1. The van der Waals surface area contributed by atoms with Gasteiger partial charge in [-0.2, -0.15) is 0 Å². The first-order valence-corrected chi connectivity index (χ1v) is 7.30. The Hall–Kier alpha value is -2.48. The lowest BCUT2D eigenvalue weighted by Crippen LogP contribution is -2.24. The number of rotatable bonds is 9. The zero-order chi connectivity index (χ0) is 18.1. The summed E-state index contributed by atoms with van der Waals surface area (Å²) < 4.78 is 0. The summed E-state index contributed by atoms with van der Waals surface area (Å²) in [6, 6.07) is 1.67. The second-order valence-electron chi connectivity index (χ2n) is 4.95. The number of aliphatic hydroxyl groups excluding tert-OH is 3. The Balaban J connectivity index is 3.29. The van der Waals surface area contributed by atoms with Crippen molar-refractivity contribution in [3.63, 3.8) is 0 Å². The Morgan fingerprint density at radius 2 is 1.21 bits per heavy atom. The average molecular weight is 334 g/mol. The van der Waals surface area contributed by atoms with E-state index in [2.05, 4.69) is 23.8 Å². The Morgan fingerprint density at radius 1 is 0.833 bits per heavy atom. The van der Waals surface area contributed by atoms with Crippen molar-refractivity contribution >= 4 is 11.8 Å². The van der Waals surface area contributed by atoms with Gasteiger partial charge in [0, 0.05) is 13.1 Å². The number of carbonyl (C=O) groups is 2. The van der Waals surface area contributed by atoms with E-state index in [9.17, 15) is 24.9 Å². The molecule has 0 bridgehead atoms. The summed E-state index contributed by atoms with van der Waals surface area (Å²) >= 11 is 0. The van der Waals surface area contributed by atoms with Crippen LogP contribution in [0.3, 0.4) is 0 Å². The highest BCUT2D eigenvalue weighted by Crippen LogP contribution is 2.25. The first kappa shape index (κ1) is 19.6. The summed E-state index contributed by atoms with van der Waals surface area (Å²) in [4.78, 5) is 22.7. The Labute approximate surface area is 140 Å². The van der Waals surface area contributed by atoms with Crippen molar-refractivity contribution in [1.82, 2.24) is 10.6 Å². The number of nitrogens with one attached hydrogen (secondary N) is 2. The molecule has 0 atom stereocenters. The molecule has 5 N–H and O–H groups in total. The van der Waals surface area contributed by atoms with Crippen molar-refractivity contribution in [2.24, 2.45) is 0 Å². The second kappa shape index (κ2) is 9.61. The summed E-state index contributed by atoms with van der Waals surface area (Å²) in [7, 11) is 0. The molecule has 0 heterocycles. The fourth-order valence-electron chi connectivity index (χ4n) is 2.36. The van der Waals surface area contributed by atoms with E-state index in [0.717, 1.165) is 12.2 Å². The van der Waals surface area contributed by atoms with Gasteiger partial charge in [0.2, 0.25) is 11.8 Å². The largest absolute Gasteiger partial charge is 0.392 e. The van der Waals surface area contributed by atoms with Gasteiger partial charge in [0.15, 0.2) is 0 Å². The zero-order valence-corrected chi connectivity index (χ0v) is 13.3. The molecule has 0 fully saturated rings. The van der Waals surface area contributed by atoms with E-state index in [-0.39, 0.29) is 38.1 Å². The van der Waals surface area contributed by atoms with Gasteiger partial charge in [0.25, 0.3) is 0 Å². The SMILES string of the molecule is C=CC(=O)NCc1cc(CNC(=O)C=C)c(CO)c(CO)c1CO. The van der Waals surface area contributed by atoms with Crippen molar-refractivity contribution in [1.29, 1.82) is 0 Å². The van der Waals surface area contributed by atoms with Gasteiger partial charge in [-0.1, -0.05) is 19.2 Å². The average Bonchev–Trinajstić information content (AvgIpc) is 2.62. The number of amides is 2. The molecule has 0 spiro atoms. The van der Waals surface area contributed by atoms with Crippen LogP contribution in [0.1, 0.15) is 27.8 Å². The van der Waals surface area contributed by atoms with Crippen LogP contribution >= 0.6 is 0 Å². The van der Waals surface area contributed by atoms with Crippen molar-refractivity contribution in [3.8, 4) is 0 Å². The van der Waals surface area contributed by atoms with E-state index in [1.165, 1.54) is 0 Å². The molecule has 0 unspecified atom stereocenters. The Kier molecular flexibility index (Phi) is 7.84. The first-order valence-electron chi connectivity index (χ1n) is 7.30. The molecule has 0 aliphatic heterocycles. The molecule has 0 radical (unpaired) electrons. The fraction of sp³-hybridized carbons (Fsp3) is 0.294. The monoisotopic (exact) mass is 334 g/mol. The van der Waals surface area contributed by atoms with E-state index in [1.807, 2.05) is 0 Å². The third kappa shape index (κ3) is 4.76. The minimum atomic E-state index is -0.391. The van der Waals surface area contributed by atoms with E-state index in [0.29, 0.717) is 27.8 Å². The maximum absolute atomic E-state index is 11.4.